The molecule has 0 aromatic carbocycles. The largest absolute Gasteiger partial charge is 0.444 e. The Hall–Kier alpha value is -1.32. The van der Waals surface area contributed by atoms with Crippen LogP contribution in [0.2, 0.25) is 0 Å². The SMILES string of the molecule is Cc1cnc(C(C)NC2=NCCCC2)o1. The van der Waals surface area contributed by atoms with E-state index < -0.39 is 0 Å². The van der Waals surface area contributed by atoms with Crippen molar-refractivity contribution in [1.82, 2.24) is 10.3 Å². The molecule has 1 N–H and O–H groups in total. The summed E-state index contributed by atoms with van der Waals surface area (Å²) >= 11 is 0. The molecule has 0 saturated heterocycles. The minimum Gasteiger partial charge on any atom is -0.444 e. The van der Waals surface area contributed by atoms with E-state index in [1.807, 2.05) is 13.8 Å². The maximum absolute atomic E-state index is 5.46. The van der Waals surface area contributed by atoms with E-state index in [4.69, 9.17) is 4.42 Å². The monoisotopic (exact) mass is 207 g/mol. The number of aromatic nitrogens is 1. The summed E-state index contributed by atoms with van der Waals surface area (Å²) in [4.78, 5) is 8.63. The Labute approximate surface area is 89.8 Å². The molecule has 0 bridgehead atoms. The first kappa shape index (κ1) is 10.2. The predicted octanol–water partition coefficient (Wildman–Crippen LogP) is 2.22. The molecule has 1 atom stereocenters. The number of oxazole rings is 1. The quantitative estimate of drug-likeness (QED) is 0.809. The Morgan fingerprint density at radius 2 is 2.33 bits per heavy atom. The molecule has 2 heterocycles. The zero-order valence-electron chi connectivity index (χ0n) is 9.29. The number of hydrogen-bond acceptors (Lipinski definition) is 4. The van der Waals surface area contributed by atoms with Crippen LogP contribution in [0.4, 0.5) is 0 Å². The van der Waals surface area contributed by atoms with Crippen molar-refractivity contribution in [3.63, 3.8) is 0 Å². The van der Waals surface area contributed by atoms with Crippen LogP contribution in [0.1, 0.15) is 43.9 Å². The lowest BCUT2D eigenvalue weighted by molar-refractivity contribution is 0.427. The van der Waals surface area contributed by atoms with E-state index in [0.717, 1.165) is 30.5 Å². The summed E-state index contributed by atoms with van der Waals surface area (Å²) in [6.07, 6.45) is 5.22. The van der Waals surface area contributed by atoms with Gasteiger partial charge in [-0.3, -0.25) is 4.99 Å². The molecule has 2 rings (SSSR count). The van der Waals surface area contributed by atoms with E-state index in [0.29, 0.717) is 0 Å². The third-order valence-corrected chi connectivity index (χ3v) is 2.52. The molecule has 82 valence electrons. The topological polar surface area (TPSA) is 50.4 Å². The molecule has 1 aromatic heterocycles. The third-order valence-electron chi connectivity index (χ3n) is 2.52. The van der Waals surface area contributed by atoms with Crippen molar-refractivity contribution in [1.29, 1.82) is 0 Å². The molecule has 0 aliphatic carbocycles. The van der Waals surface area contributed by atoms with E-state index in [-0.39, 0.29) is 6.04 Å². The number of nitrogens with zero attached hydrogens (tertiary/aromatic N) is 2. The van der Waals surface area contributed by atoms with Crippen LogP contribution in [-0.4, -0.2) is 17.4 Å². The Kier molecular flexibility index (Phi) is 3.04. The fourth-order valence-electron chi connectivity index (χ4n) is 1.70. The first-order valence-electron chi connectivity index (χ1n) is 5.48. The summed E-state index contributed by atoms with van der Waals surface area (Å²) in [5, 5.41) is 3.34. The first-order chi connectivity index (χ1) is 7.25. The summed E-state index contributed by atoms with van der Waals surface area (Å²) in [5.74, 6) is 2.68. The van der Waals surface area contributed by atoms with Crippen LogP contribution in [0, 0.1) is 6.92 Å². The molecule has 0 spiro atoms. The van der Waals surface area contributed by atoms with Gasteiger partial charge in [0.1, 0.15) is 11.8 Å². The van der Waals surface area contributed by atoms with Gasteiger partial charge in [-0.05, 0) is 26.7 Å². The third kappa shape index (κ3) is 2.58. The molecule has 0 amide bonds. The summed E-state index contributed by atoms with van der Waals surface area (Å²) in [6, 6.07) is 0.107. The van der Waals surface area contributed by atoms with Gasteiger partial charge in [-0.2, -0.15) is 0 Å². The summed E-state index contributed by atoms with van der Waals surface area (Å²) in [7, 11) is 0. The fraction of sp³-hybridized carbons (Fsp3) is 0.636. The summed E-state index contributed by atoms with van der Waals surface area (Å²) < 4.78 is 5.46. The molecule has 1 aliphatic heterocycles. The molecule has 1 aromatic rings. The number of aryl methyl sites for hydroxylation is 1. The van der Waals surface area contributed by atoms with E-state index in [9.17, 15) is 0 Å². The molecule has 1 unspecified atom stereocenters. The number of nitrogens with one attached hydrogen (secondary N) is 1. The van der Waals surface area contributed by atoms with Gasteiger partial charge in [0, 0.05) is 13.0 Å². The maximum atomic E-state index is 5.46. The van der Waals surface area contributed by atoms with Crippen LogP contribution in [-0.2, 0) is 0 Å². The van der Waals surface area contributed by atoms with E-state index in [2.05, 4.69) is 15.3 Å². The molecular formula is C11H17N3O. The van der Waals surface area contributed by atoms with Gasteiger partial charge in [-0.15, -0.1) is 0 Å². The first-order valence-corrected chi connectivity index (χ1v) is 5.48. The van der Waals surface area contributed by atoms with Gasteiger partial charge in [0.15, 0.2) is 0 Å². The second kappa shape index (κ2) is 4.47. The van der Waals surface area contributed by atoms with Crippen molar-refractivity contribution in [2.75, 3.05) is 6.54 Å². The van der Waals surface area contributed by atoms with Gasteiger partial charge in [-0.1, -0.05) is 0 Å². The average molecular weight is 207 g/mol. The Morgan fingerprint density at radius 1 is 1.47 bits per heavy atom. The highest BCUT2D eigenvalue weighted by atomic mass is 16.4. The van der Waals surface area contributed by atoms with Crippen molar-refractivity contribution in [2.45, 2.75) is 39.2 Å². The molecule has 1 aliphatic rings. The molecule has 4 heteroatoms. The van der Waals surface area contributed by atoms with Gasteiger partial charge < -0.3 is 9.73 Å². The number of rotatable bonds is 2. The Morgan fingerprint density at radius 3 is 2.93 bits per heavy atom. The van der Waals surface area contributed by atoms with Crippen LogP contribution in [0.15, 0.2) is 15.6 Å². The van der Waals surface area contributed by atoms with Crippen LogP contribution in [0.25, 0.3) is 0 Å². The van der Waals surface area contributed by atoms with Crippen molar-refractivity contribution >= 4 is 5.84 Å². The lowest BCUT2D eigenvalue weighted by Crippen LogP contribution is -2.28. The van der Waals surface area contributed by atoms with Crippen molar-refractivity contribution < 1.29 is 4.42 Å². The van der Waals surface area contributed by atoms with Gasteiger partial charge in [0.05, 0.1) is 12.0 Å². The second-order valence-corrected chi connectivity index (χ2v) is 3.96. The van der Waals surface area contributed by atoms with Gasteiger partial charge in [0.2, 0.25) is 5.89 Å². The number of hydrogen-bond donors (Lipinski definition) is 1. The minimum atomic E-state index is 0.107. The maximum Gasteiger partial charge on any atom is 0.216 e. The van der Waals surface area contributed by atoms with Crippen molar-refractivity contribution in [3.8, 4) is 0 Å². The molecule has 4 nitrogen and oxygen atoms in total. The van der Waals surface area contributed by atoms with Crippen LogP contribution in [0.3, 0.4) is 0 Å². The highest BCUT2D eigenvalue weighted by molar-refractivity contribution is 5.82. The standard InChI is InChI=1S/C11H17N3O/c1-8-7-13-11(15-8)9(2)14-10-5-3-4-6-12-10/h7,9H,3-6H2,1-2H3,(H,12,14). The summed E-state index contributed by atoms with van der Waals surface area (Å²) in [5.41, 5.74) is 0. The predicted molar refractivity (Wildman–Crippen MR) is 58.9 cm³/mol. The average Bonchev–Trinajstić information content (AvgIpc) is 2.66. The lowest BCUT2D eigenvalue weighted by Gasteiger charge is -2.17. The lowest BCUT2D eigenvalue weighted by atomic mass is 10.1. The highest BCUT2D eigenvalue weighted by Crippen LogP contribution is 2.13. The van der Waals surface area contributed by atoms with Gasteiger partial charge in [0.25, 0.3) is 0 Å². The van der Waals surface area contributed by atoms with Crippen molar-refractivity contribution in [3.05, 3.63) is 17.8 Å². The second-order valence-electron chi connectivity index (χ2n) is 3.96. The van der Waals surface area contributed by atoms with Crippen LogP contribution >= 0.6 is 0 Å². The highest BCUT2D eigenvalue weighted by Gasteiger charge is 2.14. The Balaban J connectivity index is 1.97. The molecule has 15 heavy (non-hydrogen) atoms. The van der Waals surface area contributed by atoms with Crippen molar-refractivity contribution in [2.24, 2.45) is 4.99 Å². The molecule has 0 fully saturated rings. The van der Waals surface area contributed by atoms with Crippen LogP contribution in [0.5, 0.6) is 0 Å². The zero-order chi connectivity index (χ0) is 10.7. The summed E-state index contributed by atoms with van der Waals surface area (Å²) in [6.45, 7) is 4.89. The fourth-order valence-corrected chi connectivity index (χ4v) is 1.70. The number of aliphatic imine (C=N–C) groups is 1. The smallest absolute Gasteiger partial charge is 0.216 e. The zero-order valence-corrected chi connectivity index (χ0v) is 9.29. The minimum absolute atomic E-state index is 0.107. The molecule has 0 saturated carbocycles. The molecule has 0 radical (unpaired) electrons. The van der Waals surface area contributed by atoms with Gasteiger partial charge >= 0.3 is 0 Å². The van der Waals surface area contributed by atoms with E-state index in [1.165, 1.54) is 12.8 Å². The Bertz CT molecular complexity index is 356. The molecular weight excluding hydrogens is 190 g/mol. The van der Waals surface area contributed by atoms with E-state index >= 15 is 0 Å². The van der Waals surface area contributed by atoms with Gasteiger partial charge in [-0.25, -0.2) is 4.98 Å². The van der Waals surface area contributed by atoms with E-state index in [1.54, 1.807) is 6.20 Å². The normalized spacial score (nSPS) is 18.4. The number of amidine groups is 1. The van der Waals surface area contributed by atoms with Crippen LogP contribution < -0.4 is 5.32 Å².